The second-order valence-electron chi connectivity index (χ2n) is 12.6. The van der Waals surface area contributed by atoms with Crippen LogP contribution >= 0.6 is 0 Å². The molecule has 0 fully saturated rings. The molecule has 0 aromatic heterocycles. The summed E-state index contributed by atoms with van der Waals surface area (Å²) in [6.45, 7) is 13.8. The van der Waals surface area contributed by atoms with Crippen LogP contribution in [0.1, 0.15) is 99.5 Å². The Morgan fingerprint density at radius 2 is 1.24 bits per heavy atom. The summed E-state index contributed by atoms with van der Waals surface area (Å²) in [6.07, 6.45) is -0.532. The minimum absolute atomic E-state index is 0.0354. The minimum Gasteiger partial charge on any atom is -0.460 e. The molecule has 236 valence electrons. The van der Waals surface area contributed by atoms with Crippen LogP contribution < -0.4 is 16.0 Å². The number of esters is 2. The largest absolute Gasteiger partial charge is 0.460 e. The van der Waals surface area contributed by atoms with Gasteiger partial charge in [0.2, 0.25) is 11.8 Å². The van der Waals surface area contributed by atoms with Gasteiger partial charge in [0.25, 0.3) is 0 Å². The number of hydrogen-bond acceptors (Lipinski definition) is 8. The molecule has 0 aliphatic rings. The van der Waals surface area contributed by atoms with Crippen molar-refractivity contribution in [1.29, 1.82) is 0 Å². The first-order valence-electron chi connectivity index (χ1n) is 14.4. The number of carbonyl (C=O) groups is 5. The summed E-state index contributed by atoms with van der Waals surface area (Å²) in [5, 5.41) is 8.14. The van der Waals surface area contributed by atoms with Crippen molar-refractivity contribution in [2.45, 2.75) is 123 Å². The molecule has 0 heterocycles. The van der Waals surface area contributed by atoms with Crippen LogP contribution in [0.5, 0.6) is 0 Å². The lowest BCUT2D eigenvalue weighted by molar-refractivity contribution is -0.155. The number of rotatable bonds is 15. The van der Waals surface area contributed by atoms with Gasteiger partial charge in [-0.25, -0.2) is 4.79 Å². The van der Waals surface area contributed by atoms with E-state index < -0.39 is 47.2 Å². The highest BCUT2D eigenvalue weighted by Crippen LogP contribution is 2.28. The molecular weight excluding hydrogens is 542 g/mol. The topological polar surface area (TPSA) is 149 Å². The monoisotopic (exact) mass is 591 g/mol. The Kier molecular flexibility index (Phi) is 14.5. The summed E-state index contributed by atoms with van der Waals surface area (Å²) in [7, 11) is 0. The number of carbonyl (C=O) groups excluding carboxylic acids is 5. The molecule has 0 atom stereocenters. The average molecular weight is 592 g/mol. The van der Waals surface area contributed by atoms with E-state index in [1.807, 2.05) is 32.0 Å². The van der Waals surface area contributed by atoms with E-state index in [0.29, 0.717) is 0 Å². The lowest BCUT2D eigenvalue weighted by Gasteiger charge is -2.35. The van der Waals surface area contributed by atoms with Gasteiger partial charge >= 0.3 is 18.0 Å². The minimum atomic E-state index is -1.14. The molecule has 0 saturated heterocycles. The van der Waals surface area contributed by atoms with Crippen LogP contribution in [0.2, 0.25) is 0 Å². The first kappa shape index (κ1) is 36.4. The molecule has 1 aromatic rings. The Morgan fingerprint density at radius 3 is 1.71 bits per heavy atom. The average Bonchev–Trinajstić information content (AvgIpc) is 2.85. The molecule has 0 saturated carbocycles. The van der Waals surface area contributed by atoms with Crippen LogP contribution in [0.25, 0.3) is 0 Å². The van der Waals surface area contributed by atoms with Crippen molar-refractivity contribution in [2.75, 3.05) is 6.54 Å². The molecule has 42 heavy (non-hydrogen) atoms. The Bertz CT molecular complexity index is 1010. The van der Waals surface area contributed by atoms with Crippen molar-refractivity contribution in [3.63, 3.8) is 0 Å². The molecular formula is C31H49N3O8. The lowest BCUT2D eigenvalue weighted by atomic mass is 9.83. The van der Waals surface area contributed by atoms with Gasteiger partial charge in [-0.3, -0.25) is 19.2 Å². The summed E-state index contributed by atoms with van der Waals surface area (Å²) < 4.78 is 16.1. The van der Waals surface area contributed by atoms with Crippen molar-refractivity contribution in [2.24, 2.45) is 0 Å². The highest BCUT2D eigenvalue weighted by molar-refractivity contribution is 5.83. The van der Waals surface area contributed by atoms with E-state index in [0.717, 1.165) is 5.56 Å². The van der Waals surface area contributed by atoms with E-state index in [4.69, 9.17) is 14.2 Å². The molecule has 3 amide bonds. The quantitative estimate of drug-likeness (QED) is 0.202. The van der Waals surface area contributed by atoms with Gasteiger partial charge in [0.05, 0.1) is 0 Å². The van der Waals surface area contributed by atoms with Gasteiger partial charge in [0.15, 0.2) is 0 Å². The molecule has 0 radical (unpaired) electrons. The fourth-order valence-electron chi connectivity index (χ4n) is 4.04. The van der Waals surface area contributed by atoms with Gasteiger partial charge in [-0.05, 0) is 80.2 Å². The summed E-state index contributed by atoms with van der Waals surface area (Å²) in [6, 6.07) is 9.01. The van der Waals surface area contributed by atoms with Gasteiger partial charge in [0, 0.05) is 30.8 Å². The Hall–Kier alpha value is -3.63. The third-order valence-electron chi connectivity index (χ3n) is 5.75. The maximum absolute atomic E-state index is 13.1. The van der Waals surface area contributed by atoms with Gasteiger partial charge in [-0.15, -0.1) is 0 Å². The van der Waals surface area contributed by atoms with Crippen molar-refractivity contribution < 1.29 is 38.2 Å². The normalized spacial score (nSPS) is 11.8. The van der Waals surface area contributed by atoms with Crippen molar-refractivity contribution in [3.05, 3.63) is 35.9 Å². The predicted octanol–water partition coefficient (Wildman–Crippen LogP) is 4.32. The molecule has 0 bridgehead atoms. The zero-order valence-electron chi connectivity index (χ0n) is 26.4. The van der Waals surface area contributed by atoms with E-state index in [-0.39, 0.29) is 57.1 Å². The van der Waals surface area contributed by atoms with Crippen molar-refractivity contribution >= 4 is 29.8 Å². The van der Waals surface area contributed by atoms with Crippen molar-refractivity contribution in [3.8, 4) is 0 Å². The smallest absolute Gasteiger partial charge is 0.407 e. The van der Waals surface area contributed by atoms with Crippen LogP contribution in [0.15, 0.2) is 30.3 Å². The third kappa shape index (κ3) is 17.2. The zero-order chi connectivity index (χ0) is 32.0. The van der Waals surface area contributed by atoms with Gasteiger partial charge < -0.3 is 30.2 Å². The molecule has 0 aliphatic carbocycles. The molecule has 0 aliphatic heterocycles. The van der Waals surface area contributed by atoms with E-state index >= 15 is 0 Å². The fourth-order valence-corrected chi connectivity index (χ4v) is 4.04. The number of hydrogen-bond donors (Lipinski definition) is 3. The highest BCUT2D eigenvalue weighted by Gasteiger charge is 2.35. The second-order valence-corrected chi connectivity index (χ2v) is 12.6. The van der Waals surface area contributed by atoms with Crippen molar-refractivity contribution in [1.82, 2.24) is 16.0 Å². The van der Waals surface area contributed by atoms with Crippen LogP contribution in [0.3, 0.4) is 0 Å². The van der Waals surface area contributed by atoms with E-state index in [1.54, 1.807) is 53.7 Å². The lowest BCUT2D eigenvalue weighted by Crippen LogP contribution is -2.52. The fraction of sp³-hybridized carbons (Fsp3) is 0.645. The molecule has 3 N–H and O–H groups in total. The van der Waals surface area contributed by atoms with Crippen LogP contribution in [-0.2, 0) is 40.0 Å². The van der Waals surface area contributed by atoms with E-state index in [9.17, 15) is 24.0 Å². The highest BCUT2D eigenvalue weighted by atomic mass is 16.6. The molecule has 0 spiro atoms. The SMILES string of the molecule is CC(C)NC(=O)CCC(CCC(=O)OC(C)(C)C)(CCC(=O)OC(C)(C)C)NC(=O)CNC(=O)OCc1ccccc1. The van der Waals surface area contributed by atoms with Gasteiger partial charge in [0.1, 0.15) is 24.4 Å². The first-order chi connectivity index (χ1) is 19.4. The van der Waals surface area contributed by atoms with Crippen LogP contribution in [0, 0.1) is 0 Å². The number of benzene rings is 1. The summed E-state index contributed by atoms with van der Waals surface area (Å²) in [5.74, 6) is -1.76. The molecule has 11 nitrogen and oxygen atoms in total. The van der Waals surface area contributed by atoms with E-state index in [1.165, 1.54) is 0 Å². The Morgan fingerprint density at radius 1 is 0.738 bits per heavy atom. The number of alkyl carbamates (subject to hydrolysis) is 1. The standard InChI is InChI=1S/C31H49N3O8/c1-22(2)33-24(35)14-17-31(18-15-26(37)41-29(3,4)5,19-16-27(38)42-30(6,7)8)34-25(36)20-32-28(39)40-21-23-12-10-9-11-13-23/h9-13,22H,14-21H2,1-8H3,(H,32,39)(H,33,35)(H,34,36). The van der Waals surface area contributed by atoms with E-state index in [2.05, 4.69) is 16.0 Å². The summed E-state index contributed by atoms with van der Waals surface area (Å²) in [4.78, 5) is 63.1. The number of amides is 3. The maximum atomic E-state index is 13.1. The Balaban J connectivity index is 3.06. The van der Waals surface area contributed by atoms with Gasteiger partial charge in [-0.1, -0.05) is 30.3 Å². The van der Waals surface area contributed by atoms with Crippen LogP contribution in [-0.4, -0.2) is 59.2 Å². The second kappa shape index (κ2) is 16.7. The third-order valence-corrected chi connectivity index (χ3v) is 5.75. The predicted molar refractivity (Wildman–Crippen MR) is 158 cm³/mol. The molecule has 1 aromatic carbocycles. The zero-order valence-corrected chi connectivity index (χ0v) is 26.4. The molecule has 1 rings (SSSR count). The first-order valence-corrected chi connectivity index (χ1v) is 14.4. The molecule has 0 unspecified atom stereocenters. The number of ether oxygens (including phenoxy) is 3. The van der Waals surface area contributed by atoms with Gasteiger partial charge in [-0.2, -0.15) is 0 Å². The summed E-state index contributed by atoms with van der Waals surface area (Å²) in [5.41, 5.74) is -1.77. The summed E-state index contributed by atoms with van der Waals surface area (Å²) >= 11 is 0. The maximum Gasteiger partial charge on any atom is 0.407 e. The molecule has 11 heteroatoms. The Labute approximate surface area is 249 Å². The van der Waals surface area contributed by atoms with Crippen LogP contribution in [0.4, 0.5) is 4.79 Å². The number of nitrogens with one attached hydrogen (secondary N) is 3.